The molecule has 0 N–H and O–H groups in total. The number of halogens is 1. The summed E-state index contributed by atoms with van der Waals surface area (Å²) in [5, 5.41) is 4.46. The highest BCUT2D eigenvalue weighted by Crippen LogP contribution is 2.08. The van der Waals surface area contributed by atoms with Crippen LogP contribution in [0.2, 0.25) is 0 Å². The Morgan fingerprint density at radius 2 is 2.19 bits per heavy atom. The predicted octanol–water partition coefficient (Wildman–Crippen LogP) is 2.66. The molecule has 0 amide bonds. The standard InChI is InChI=1S/C12H22ClN3/c1-4-15(8-6-7-13)10-12-9-11(3)14-16(12)5-2/h9H,4-8,10H2,1-3H3. The number of rotatable bonds is 7. The molecule has 0 atom stereocenters. The van der Waals surface area contributed by atoms with Gasteiger partial charge in [0.05, 0.1) is 11.4 Å². The van der Waals surface area contributed by atoms with Crippen LogP contribution in [0, 0.1) is 6.92 Å². The first-order chi connectivity index (χ1) is 7.71. The number of aromatic nitrogens is 2. The molecule has 1 rings (SSSR count). The van der Waals surface area contributed by atoms with E-state index in [0.29, 0.717) is 0 Å². The largest absolute Gasteiger partial charge is 0.298 e. The molecule has 1 aromatic heterocycles. The van der Waals surface area contributed by atoms with Crippen molar-refractivity contribution in [2.24, 2.45) is 0 Å². The predicted molar refractivity (Wildman–Crippen MR) is 68.9 cm³/mol. The molecule has 0 bridgehead atoms. The summed E-state index contributed by atoms with van der Waals surface area (Å²) in [5.74, 6) is 0.739. The topological polar surface area (TPSA) is 21.1 Å². The monoisotopic (exact) mass is 243 g/mol. The summed E-state index contributed by atoms with van der Waals surface area (Å²) in [6, 6.07) is 2.17. The number of nitrogens with zero attached hydrogens (tertiary/aromatic N) is 3. The lowest BCUT2D eigenvalue weighted by atomic mass is 10.3. The molecule has 0 aromatic carbocycles. The van der Waals surface area contributed by atoms with Crippen molar-refractivity contribution in [3.63, 3.8) is 0 Å². The summed E-state index contributed by atoms with van der Waals surface area (Å²) in [5.41, 5.74) is 2.40. The van der Waals surface area contributed by atoms with Crippen LogP contribution in [0.5, 0.6) is 0 Å². The Hall–Kier alpha value is -0.540. The maximum atomic E-state index is 5.72. The van der Waals surface area contributed by atoms with Crippen LogP contribution in [-0.4, -0.2) is 33.6 Å². The van der Waals surface area contributed by atoms with E-state index in [1.807, 2.05) is 6.92 Å². The molecule has 92 valence electrons. The Kier molecular flexibility index (Phi) is 5.85. The average Bonchev–Trinajstić information content (AvgIpc) is 2.64. The van der Waals surface area contributed by atoms with E-state index in [0.717, 1.165) is 44.2 Å². The highest BCUT2D eigenvalue weighted by atomic mass is 35.5. The summed E-state index contributed by atoms with van der Waals surface area (Å²) in [6.07, 6.45) is 1.05. The quantitative estimate of drug-likeness (QED) is 0.687. The van der Waals surface area contributed by atoms with E-state index in [2.05, 4.69) is 34.6 Å². The molecular formula is C12H22ClN3. The second-order valence-corrected chi connectivity index (χ2v) is 4.38. The van der Waals surface area contributed by atoms with Crippen LogP contribution in [0.15, 0.2) is 6.07 Å². The fraction of sp³-hybridized carbons (Fsp3) is 0.750. The molecular weight excluding hydrogens is 222 g/mol. The van der Waals surface area contributed by atoms with Gasteiger partial charge >= 0.3 is 0 Å². The van der Waals surface area contributed by atoms with Gasteiger partial charge in [0.15, 0.2) is 0 Å². The molecule has 0 saturated carbocycles. The molecule has 1 aromatic rings. The van der Waals surface area contributed by atoms with Crippen molar-refractivity contribution < 1.29 is 0 Å². The molecule has 0 fully saturated rings. The molecule has 0 aliphatic carbocycles. The number of aryl methyl sites for hydroxylation is 2. The van der Waals surface area contributed by atoms with E-state index in [9.17, 15) is 0 Å². The van der Waals surface area contributed by atoms with Gasteiger partial charge in [-0.15, -0.1) is 11.6 Å². The zero-order valence-corrected chi connectivity index (χ0v) is 11.3. The summed E-state index contributed by atoms with van der Waals surface area (Å²) in [7, 11) is 0. The minimum Gasteiger partial charge on any atom is -0.298 e. The van der Waals surface area contributed by atoms with Crippen molar-refractivity contribution in [3.05, 3.63) is 17.5 Å². The lowest BCUT2D eigenvalue weighted by molar-refractivity contribution is 0.272. The van der Waals surface area contributed by atoms with Gasteiger partial charge in [0.25, 0.3) is 0 Å². The van der Waals surface area contributed by atoms with Crippen molar-refractivity contribution >= 4 is 11.6 Å². The minimum atomic E-state index is 0.739. The van der Waals surface area contributed by atoms with E-state index in [1.165, 1.54) is 5.69 Å². The summed E-state index contributed by atoms with van der Waals surface area (Å²) >= 11 is 5.72. The third kappa shape index (κ3) is 3.80. The Balaban J connectivity index is 2.61. The van der Waals surface area contributed by atoms with Gasteiger partial charge < -0.3 is 0 Å². The van der Waals surface area contributed by atoms with Crippen molar-refractivity contribution in [2.75, 3.05) is 19.0 Å². The molecule has 0 aliphatic rings. The number of alkyl halides is 1. The van der Waals surface area contributed by atoms with Crippen molar-refractivity contribution in [1.82, 2.24) is 14.7 Å². The molecule has 16 heavy (non-hydrogen) atoms. The van der Waals surface area contributed by atoms with Crippen LogP contribution >= 0.6 is 11.6 Å². The van der Waals surface area contributed by atoms with Crippen molar-refractivity contribution in [1.29, 1.82) is 0 Å². The van der Waals surface area contributed by atoms with Gasteiger partial charge in [-0.05, 0) is 39.4 Å². The van der Waals surface area contributed by atoms with Crippen LogP contribution in [0.25, 0.3) is 0 Å². The Bertz CT molecular complexity index is 309. The second-order valence-electron chi connectivity index (χ2n) is 4.00. The molecule has 0 saturated heterocycles. The van der Waals surface area contributed by atoms with Gasteiger partial charge in [-0.25, -0.2) is 0 Å². The maximum Gasteiger partial charge on any atom is 0.0597 e. The smallest absolute Gasteiger partial charge is 0.0597 e. The Morgan fingerprint density at radius 1 is 1.44 bits per heavy atom. The van der Waals surface area contributed by atoms with Gasteiger partial charge in [-0.3, -0.25) is 9.58 Å². The van der Waals surface area contributed by atoms with Gasteiger partial charge in [-0.1, -0.05) is 6.92 Å². The molecule has 4 heteroatoms. The molecule has 1 heterocycles. The first-order valence-electron chi connectivity index (χ1n) is 6.02. The van der Waals surface area contributed by atoms with Gasteiger partial charge in [0.2, 0.25) is 0 Å². The molecule has 0 unspecified atom stereocenters. The van der Waals surface area contributed by atoms with Crippen LogP contribution in [-0.2, 0) is 13.1 Å². The van der Waals surface area contributed by atoms with E-state index < -0.39 is 0 Å². The summed E-state index contributed by atoms with van der Waals surface area (Å²) < 4.78 is 2.08. The third-order valence-corrected chi connectivity index (χ3v) is 2.99. The summed E-state index contributed by atoms with van der Waals surface area (Å²) in [4.78, 5) is 2.41. The van der Waals surface area contributed by atoms with E-state index >= 15 is 0 Å². The van der Waals surface area contributed by atoms with Crippen LogP contribution in [0.1, 0.15) is 31.7 Å². The first-order valence-corrected chi connectivity index (χ1v) is 6.56. The Morgan fingerprint density at radius 3 is 2.75 bits per heavy atom. The van der Waals surface area contributed by atoms with Crippen LogP contribution in [0.4, 0.5) is 0 Å². The molecule has 0 spiro atoms. The average molecular weight is 244 g/mol. The third-order valence-electron chi connectivity index (χ3n) is 2.73. The van der Waals surface area contributed by atoms with Crippen molar-refractivity contribution in [2.45, 2.75) is 40.3 Å². The molecule has 3 nitrogen and oxygen atoms in total. The number of hydrogen-bond acceptors (Lipinski definition) is 2. The van der Waals surface area contributed by atoms with E-state index in [1.54, 1.807) is 0 Å². The first kappa shape index (κ1) is 13.5. The lowest BCUT2D eigenvalue weighted by Crippen LogP contribution is -2.25. The van der Waals surface area contributed by atoms with Gasteiger partial charge in [0, 0.05) is 19.0 Å². The Labute approximate surface area is 103 Å². The maximum absolute atomic E-state index is 5.72. The lowest BCUT2D eigenvalue weighted by Gasteiger charge is -2.20. The van der Waals surface area contributed by atoms with E-state index in [4.69, 9.17) is 11.6 Å². The SMILES string of the molecule is CCN(CCCCl)Cc1cc(C)nn1CC. The van der Waals surface area contributed by atoms with Gasteiger partial charge in [0.1, 0.15) is 0 Å². The zero-order chi connectivity index (χ0) is 12.0. The van der Waals surface area contributed by atoms with Crippen molar-refractivity contribution in [3.8, 4) is 0 Å². The fourth-order valence-corrected chi connectivity index (χ4v) is 1.98. The normalized spacial score (nSPS) is 11.3. The van der Waals surface area contributed by atoms with Crippen LogP contribution in [0.3, 0.4) is 0 Å². The molecule has 0 radical (unpaired) electrons. The minimum absolute atomic E-state index is 0.739. The fourth-order valence-electron chi connectivity index (χ4n) is 1.86. The highest BCUT2D eigenvalue weighted by molar-refractivity contribution is 6.17. The van der Waals surface area contributed by atoms with E-state index in [-0.39, 0.29) is 0 Å². The van der Waals surface area contributed by atoms with Crippen LogP contribution < -0.4 is 0 Å². The second kappa shape index (κ2) is 6.92. The summed E-state index contributed by atoms with van der Waals surface area (Å²) in [6.45, 7) is 10.4. The highest BCUT2D eigenvalue weighted by Gasteiger charge is 2.08. The molecule has 0 aliphatic heterocycles. The zero-order valence-electron chi connectivity index (χ0n) is 10.5. The van der Waals surface area contributed by atoms with Gasteiger partial charge in [-0.2, -0.15) is 5.10 Å². The number of hydrogen-bond donors (Lipinski definition) is 0.